The Hall–Kier alpha value is -2.04. The van der Waals surface area contributed by atoms with Gasteiger partial charge in [-0.1, -0.05) is 6.92 Å². The first-order valence-corrected chi connectivity index (χ1v) is 7.36. The van der Waals surface area contributed by atoms with E-state index in [1.54, 1.807) is 6.26 Å². The minimum Gasteiger partial charge on any atom is -0.469 e. The lowest BCUT2D eigenvalue weighted by molar-refractivity contribution is 0.529. The Morgan fingerprint density at radius 2 is 2.00 bits per heavy atom. The van der Waals surface area contributed by atoms with Gasteiger partial charge in [-0.2, -0.15) is 0 Å². The largest absolute Gasteiger partial charge is 0.469 e. The molecule has 114 valence electrons. The van der Waals surface area contributed by atoms with Gasteiger partial charge in [-0.25, -0.2) is 9.97 Å². The van der Waals surface area contributed by atoms with Gasteiger partial charge in [0.2, 0.25) is 0 Å². The summed E-state index contributed by atoms with van der Waals surface area (Å²) in [7, 11) is 2.05. The molecule has 0 atom stereocenters. The molecule has 0 aliphatic carbocycles. The van der Waals surface area contributed by atoms with Gasteiger partial charge in [-0.05, 0) is 33.3 Å². The Kier molecular flexibility index (Phi) is 4.83. The molecule has 0 spiro atoms. The lowest BCUT2D eigenvalue weighted by Gasteiger charge is -2.22. The Morgan fingerprint density at radius 3 is 2.62 bits per heavy atom. The van der Waals surface area contributed by atoms with E-state index in [0.29, 0.717) is 0 Å². The summed E-state index contributed by atoms with van der Waals surface area (Å²) in [5, 5.41) is 3.37. The Morgan fingerprint density at radius 1 is 1.24 bits per heavy atom. The van der Waals surface area contributed by atoms with Gasteiger partial charge in [0.25, 0.3) is 0 Å². The fourth-order valence-electron chi connectivity index (χ4n) is 2.31. The molecular formula is C16H24N4O. The average molecular weight is 288 g/mol. The third-order valence-corrected chi connectivity index (χ3v) is 3.51. The molecule has 0 saturated heterocycles. The van der Waals surface area contributed by atoms with Crippen LogP contribution in [0.2, 0.25) is 0 Å². The second-order valence-electron chi connectivity index (χ2n) is 5.35. The van der Waals surface area contributed by atoms with Crippen LogP contribution in [0.15, 0.2) is 16.7 Å². The molecule has 0 bridgehead atoms. The Bertz CT molecular complexity index is 606. The van der Waals surface area contributed by atoms with E-state index in [-0.39, 0.29) is 0 Å². The van der Waals surface area contributed by atoms with Gasteiger partial charge in [-0.15, -0.1) is 0 Å². The van der Waals surface area contributed by atoms with Crippen molar-refractivity contribution < 1.29 is 4.42 Å². The van der Waals surface area contributed by atoms with Crippen molar-refractivity contribution in [3.8, 4) is 0 Å². The number of nitrogens with one attached hydrogen (secondary N) is 1. The summed E-state index contributed by atoms with van der Waals surface area (Å²) in [5.41, 5.74) is 2.26. The summed E-state index contributed by atoms with van der Waals surface area (Å²) >= 11 is 0. The minimum atomic E-state index is 0.771. The number of rotatable bonds is 6. The topological polar surface area (TPSA) is 54.2 Å². The highest BCUT2D eigenvalue weighted by Crippen LogP contribution is 2.24. The van der Waals surface area contributed by atoms with Gasteiger partial charge in [0.15, 0.2) is 0 Å². The first-order valence-electron chi connectivity index (χ1n) is 7.36. The third-order valence-electron chi connectivity index (χ3n) is 3.51. The van der Waals surface area contributed by atoms with Crippen LogP contribution in [-0.4, -0.2) is 23.6 Å². The van der Waals surface area contributed by atoms with E-state index < -0.39 is 0 Å². The van der Waals surface area contributed by atoms with Crippen molar-refractivity contribution in [2.24, 2.45) is 0 Å². The van der Waals surface area contributed by atoms with Crippen molar-refractivity contribution in [2.75, 3.05) is 23.8 Å². The molecule has 0 aromatic carbocycles. The Balaban J connectivity index is 2.25. The molecule has 0 amide bonds. The second-order valence-corrected chi connectivity index (χ2v) is 5.35. The Labute approximate surface area is 126 Å². The van der Waals surface area contributed by atoms with Crippen LogP contribution in [0.3, 0.4) is 0 Å². The summed E-state index contributed by atoms with van der Waals surface area (Å²) in [4.78, 5) is 11.2. The molecule has 0 unspecified atom stereocenters. The van der Waals surface area contributed by atoms with E-state index in [0.717, 1.165) is 48.3 Å². The first-order chi connectivity index (χ1) is 10.0. The molecule has 5 nitrogen and oxygen atoms in total. The molecule has 21 heavy (non-hydrogen) atoms. The van der Waals surface area contributed by atoms with Gasteiger partial charge in [-0.3, -0.25) is 0 Å². The zero-order chi connectivity index (χ0) is 15.4. The minimum absolute atomic E-state index is 0.771. The fourth-order valence-corrected chi connectivity index (χ4v) is 2.31. The van der Waals surface area contributed by atoms with Crippen molar-refractivity contribution in [2.45, 2.75) is 40.7 Å². The molecule has 5 heteroatoms. The highest BCUT2D eigenvalue weighted by Gasteiger charge is 2.14. The monoisotopic (exact) mass is 288 g/mol. The first kappa shape index (κ1) is 15.4. The quantitative estimate of drug-likeness (QED) is 0.882. The molecule has 1 N–H and O–H groups in total. The van der Waals surface area contributed by atoms with E-state index in [4.69, 9.17) is 4.42 Å². The number of nitrogens with zero attached hydrogens (tertiary/aromatic N) is 3. The van der Waals surface area contributed by atoms with Crippen LogP contribution in [0.25, 0.3) is 0 Å². The molecule has 2 aromatic heterocycles. The van der Waals surface area contributed by atoms with Crippen molar-refractivity contribution >= 4 is 11.6 Å². The zero-order valence-corrected chi connectivity index (χ0v) is 13.5. The van der Waals surface area contributed by atoms with Gasteiger partial charge >= 0.3 is 0 Å². The molecule has 0 aliphatic rings. The number of hydrogen-bond acceptors (Lipinski definition) is 5. The summed E-state index contributed by atoms with van der Waals surface area (Å²) < 4.78 is 5.36. The molecule has 0 radical (unpaired) electrons. The van der Waals surface area contributed by atoms with Crippen LogP contribution in [0.1, 0.15) is 36.1 Å². The lowest BCUT2D eigenvalue weighted by Crippen LogP contribution is -2.21. The van der Waals surface area contributed by atoms with Crippen LogP contribution >= 0.6 is 0 Å². The van der Waals surface area contributed by atoms with Gasteiger partial charge in [0.1, 0.15) is 23.2 Å². The second kappa shape index (κ2) is 6.61. The van der Waals surface area contributed by atoms with E-state index in [2.05, 4.69) is 34.0 Å². The molecule has 2 aromatic rings. The summed E-state index contributed by atoms with van der Waals surface area (Å²) in [6, 6.07) is 2.01. The molecule has 0 fully saturated rings. The van der Waals surface area contributed by atoms with Crippen molar-refractivity contribution in [3.05, 3.63) is 35.0 Å². The predicted molar refractivity (Wildman–Crippen MR) is 85.8 cm³/mol. The predicted octanol–water partition coefficient (Wildman–Crippen LogP) is 3.45. The number of furan rings is 1. The fraction of sp³-hybridized carbons (Fsp3) is 0.500. The number of hydrogen-bond donors (Lipinski definition) is 1. The van der Waals surface area contributed by atoms with Crippen LogP contribution in [-0.2, 0) is 6.54 Å². The van der Waals surface area contributed by atoms with Crippen molar-refractivity contribution in [1.82, 2.24) is 9.97 Å². The maximum atomic E-state index is 5.36. The number of aromatic nitrogens is 2. The smallest absolute Gasteiger partial charge is 0.137 e. The molecule has 0 saturated carbocycles. The molecule has 0 aliphatic heterocycles. The van der Waals surface area contributed by atoms with E-state index in [9.17, 15) is 0 Å². The van der Waals surface area contributed by atoms with Crippen LogP contribution in [0.5, 0.6) is 0 Å². The van der Waals surface area contributed by atoms with Gasteiger partial charge in [0, 0.05) is 31.3 Å². The average Bonchev–Trinajstić information content (AvgIpc) is 2.84. The number of anilines is 2. The third kappa shape index (κ3) is 3.54. The van der Waals surface area contributed by atoms with Crippen LogP contribution in [0, 0.1) is 20.8 Å². The highest BCUT2D eigenvalue weighted by molar-refractivity contribution is 5.58. The van der Waals surface area contributed by atoms with Gasteiger partial charge in [0.05, 0.1) is 6.26 Å². The zero-order valence-electron chi connectivity index (χ0n) is 13.5. The molecule has 2 heterocycles. The number of aryl methyl sites for hydroxylation is 2. The van der Waals surface area contributed by atoms with E-state index in [1.807, 2.05) is 27.0 Å². The van der Waals surface area contributed by atoms with E-state index >= 15 is 0 Å². The highest BCUT2D eigenvalue weighted by atomic mass is 16.3. The molecular weight excluding hydrogens is 264 g/mol. The van der Waals surface area contributed by atoms with E-state index in [1.165, 1.54) is 5.56 Å². The summed E-state index contributed by atoms with van der Waals surface area (Å²) in [6.45, 7) is 9.80. The SMILES string of the molecule is CCCNc1nc(C)nc(N(C)Cc2ccoc2C)c1C. The van der Waals surface area contributed by atoms with Crippen molar-refractivity contribution in [3.63, 3.8) is 0 Å². The summed E-state index contributed by atoms with van der Waals surface area (Å²) in [5.74, 6) is 3.62. The molecule has 2 rings (SSSR count). The van der Waals surface area contributed by atoms with Crippen LogP contribution < -0.4 is 10.2 Å². The van der Waals surface area contributed by atoms with Gasteiger partial charge < -0.3 is 14.6 Å². The maximum absolute atomic E-state index is 5.36. The lowest BCUT2D eigenvalue weighted by atomic mass is 10.2. The normalized spacial score (nSPS) is 10.7. The standard InChI is InChI=1S/C16H24N4O/c1-6-8-17-15-11(2)16(19-13(4)18-15)20(5)10-14-7-9-21-12(14)3/h7,9H,6,8,10H2,1-5H3,(H,17,18,19). The summed E-state index contributed by atoms with van der Waals surface area (Å²) in [6.07, 6.45) is 2.80. The van der Waals surface area contributed by atoms with Crippen molar-refractivity contribution in [1.29, 1.82) is 0 Å². The van der Waals surface area contributed by atoms with Crippen LogP contribution in [0.4, 0.5) is 11.6 Å². The maximum Gasteiger partial charge on any atom is 0.137 e.